The molecule has 0 aliphatic carbocycles. The summed E-state index contributed by atoms with van der Waals surface area (Å²) in [4.78, 5) is 11.0. The molecule has 5 heteroatoms. The molecule has 0 N–H and O–H groups in total. The molecule has 0 saturated carbocycles. The fourth-order valence-corrected chi connectivity index (χ4v) is 1.84. The van der Waals surface area contributed by atoms with Gasteiger partial charge in [0.05, 0.1) is 0 Å². The summed E-state index contributed by atoms with van der Waals surface area (Å²) in [7, 11) is 0. The van der Waals surface area contributed by atoms with Crippen LogP contribution < -0.4 is 9.47 Å². The van der Waals surface area contributed by atoms with E-state index in [0.717, 1.165) is 0 Å². The van der Waals surface area contributed by atoms with Crippen LogP contribution in [0.4, 0.5) is 4.39 Å². The zero-order valence-corrected chi connectivity index (χ0v) is 9.44. The Balaban J connectivity index is 2.48. The predicted octanol–water partition coefficient (Wildman–Crippen LogP) is 2.38. The fourth-order valence-electron chi connectivity index (χ4n) is 1.57. The molecule has 0 amide bonds. The Kier molecular flexibility index (Phi) is 3.01. The lowest BCUT2D eigenvalue weighted by molar-refractivity contribution is -0.116. The first-order chi connectivity index (χ1) is 7.59. The van der Waals surface area contributed by atoms with Gasteiger partial charge < -0.3 is 9.47 Å². The molecule has 0 atom stereocenters. The van der Waals surface area contributed by atoms with Gasteiger partial charge in [0.2, 0.25) is 0 Å². The third-order valence-corrected chi connectivity index (χ3v) is 2.57. The molecule has 0 aromatic heterocycles. The lowest BCUT2D eigenvalue weighted by Crippen LogP contribution is -2.17. The van der Waals surface area contributed by atoms with E-state index in [-0.39, 0.29) is 28.5 Å². The number of hydrogen-bond donors (Lipinski definition) is 0. The molecule has 1 aliphatic rings. The summed E-state index contributed by atoms with van der Waals surface area (Å²) < 4.78 is 24.2. The van der Waals surface area contributed by atoms with Crippen molar-refractivity contribution in [1.29, 1.82) is 0 Å². The fraction of sp³-hybridized carbons (Fsp3) is 0.364. The first-order valence-corrected chi connectivity index (χ1v) is 5.23. The molecule has 0 spiro atoms. The monoisotopic (exact) mass is 244 g/mol. The molecule has 0 saturated heterocycles. The van der Waals surface area contributed by atoms with Crippen LogP contribution in [0, 0.1) is 5.82 Å². The largest absolute Gasteiger partial charge is 0.486 e. The number of rotatable bonds is 2. The smallest absolute Gasteiger partial charge is 0.182 e. The van der Waals surface area contributed by atoms with E-state index in [1.807, 2.05) is 0 Å². The number of halogens is 2. The van der Waals surface area contributed by atoms with Gasteiger partial charge in [-0.05, 0) is 13.0 Å². The second-order valence-electron chi connectivity index (χ2n) is 3.57. The second-order valence-corrected chi connectivity index (χ2v) is 3.94. The highest BCUT2D eigenvalue weighted by Crippen LogP contribution is 2.40. The van der Waals surface area contributed by atoms with Crippen LogP contribution in [-0.4, -0.2) is 19.0 Å². The normalized spacial score (nSPS) is 13.7. The Morgan fingerprint density at radius 2 is 2.19 bits per heavy atom. The van der Waals surface area contributed by atoms with E-state index >= 15 is 0 Å². The average molecular weight is 245 g/mol. The van der Waals surface area contributed by atoms with Crippen LogP contribution in [0.3, 0.4) is 0 Å². The Bertz CT molecular complexity index is 445. The summed E-state index contributed by atoms with van der Waals surface area (Å²) >= 11 is 5.81. The van der Waals surface area contributed by atoms with Crippen molar-refractivity contribution in [2.24, 2.45) is 0 Å². The summed E-state index contributed by atoms with van der Waals surface area (Å²) in [5.41, 5.74) is 0.238. The van der Waals surface area contributed by atoms with E-state index in [1.54, 1.807) is 0 Å². The maximum atomic E-state index is 13.7. The highest BCUT2D eigenvalue weighted by molar-refractivity contribution is 6.32. The number of ketones is 1. The quantitative estimate of drug-likeness (QED) is 0.801. The lowest BCUT2D eigenvalue weighted by Gasteiger charge is -2.20. The van der Waals surface area contributed by atoms with Crippen LogP contribution >= 0.6 is 11.6 Å². The number of fused-ring (bicyclic) bond motifs is 1. The van der Waals surface area contributed by atoms with Crippen molar-refractivity contribution in [2.75, 3.05) is 13.2 Å². The van der Waals surface area contributed by atoms with Gasteiger partial charge in [-0.25, -0.2) is 4.39 Å². The van der Waals surface area contributed by atoms with Crippen LogP contribution in [-0.2, 0) is 11.2 Å². The molecule has 3 nitrogen and oxygen atoms in total. The molecular weight excluding hydrogens is 235 g/mol. The lowest BCUT2D eigenvalue weighted by atomic mass is 10.1. The Morgan fingerprint density at radius 3 is 2.88 bits per heavy atom. The summed E-state index contributed by atoms with van der Waals surface area (Å²) in [6.45, 7) is 2.14. The number of benzene rings is 1. The summed E-state index contributed by atoms with van der Waals surface area (Å²) in [5.74, 6) is -0.126. The highest BCUT2D eigenvalue weighted by Gasteiger charge is 2.22. The van der Waals surface area contributed by atoms with Crippen LogP contribution in [0.5, 0.6) is 11.5 Å². The first-order valence-electron chi connectivity index (χ1n) is 4.85. The molecule has 86 valence electrons. The minimum absolute atomic E-state index is 0.00218. The van der Waals surface area contributed by atoms with E-state index in [2.05, 4.69) is 0 Å². The molecular formula is C11H10ClFO3. The minimum atomic E-state index is -0.610. The molecule has 0 unspecified atom stereocenters. The molecule has 0 radical (unpaired) electrons. The maximum Gasteiger partial charge on any atom is 0.182 e. The van der Waals surface area contributed by atoms with Gasteiger partial charge in [0.25, 0.3) is 0 Å². The Labute approximate surface area is 97.1 Å². The standard InChI is InChI=1S/C11H10ClFO3/c1-6(14)4-7-5-8-11(9(12)10(7)13)16-3-2-15-8/h5H,2-4H2,1H3. The summed E-state index contributed by atoms with van der Waals surface area (Å²) in [6.07, 6.45) is 0.00218. The number of Topliss-reactive ketones (excluding diaryl/α,β-unsaturated/α-hetero) is 1. The van der Waals surface area contributed by atoms with Crippen molar-refractivity contribution in [1.82, 2.24) is 0 Å². The Hall–Kier alpha value is -1.29. The van der Waals surface area contributed by atoms with Crippen molar-refractivity contribution in [3.63, 3.8) is 0 Å². The van der Waals surface area contributed by atoms with Gasteiger partial charge in [0.1, 0.15) is 29.8 Å². The third kappa shape index (κ3) is 1.97. The molecule has 1 aliphatic heterocycles. The van der Waals surface area contributed by atoms with Crippen molar-refractivity contribution in [3.05, 3.63) is 22.5 Å². The second kappa shape index (κ2) is 4.29. The number of carbonyl (C=O) groups excluding carboxylic acids is 1. The van der Waals surface area contributed by atoms with E-state index in [9.17, 15) is 9.18 Å². The molecule has 2 rings (SSSR count). The van der Waals surface area contributed by atoms with Crippen molar-refractivity contribution in [3.8, 4) is 11.5 Å². The molecule has 0 fully saturated rings. The summed E-state index contributed by atoms with van der Waals surface area (Å²) in [5, 5.41) is -0.117. The van der Waals surface area contributed by atoms with Crippen molar-refractivity contribution < 1.29 is 18.7 Å². The zero-order valence-electron chi connectivity index (χ0n) is 8.68. The van der Waals surface area contributed by atoms with Gasteiger partial charge in [-0.15, -0.1) is 0 Å². The van der Waals surface area contributed by atoms with E-state index in [1.165, 1.54) is 13.0 Å². The van der Waals surface area contributed by atoms with E-state index in [0.29, 0.717) is 19.0 Å². The third-order valence-electron chi connectivity index (χ3n) is 2.23. The zero-order chi connectivity index (χ0) is 11.7. The van der Waals surface area contributed by atoms with Crippen LogP contribution in [0.2, 0.25) is 5.02 Å². The predicted molar refractivity (Wildman–Crippen MR) is 56.8 cm³/mol. The summed E-state index contributed by atoms with van der Waals surface area (Å²) in [6, 6.07) is 1.47. The average Bonchev–Trinajstić information content (AvgIpc) is 2.25. The Morgan fingerprint density at radius 1 is 1.50 bits per heavy atom. The van der Waals surface area contributed by atoms with Crippen molar-refractivity contribution in [2.45, 2.75) is 13.3 Å². The van der Waals surface area contributed by atoms with Gasteiger partial charge in [-0.3, -0.25) is 4.79 Å². The SMILES string of the molecule is CC(=O)Cc1cc2c(c(Cl)c1F)OCCO2. The van der Waals surface area contributed by atoms with E-state index in [4.69, 9.17) is 21.1 Å². The molecule has 1 aromatic rings. The van der Waals surface area contributed by atoms with Crippen molar-refractivity contribution >= 4 is 17.4 Å². The van der Waals surface area contributed by atoms with E-state index < -0.39 is 5.82 Å². The first kappa shape index (κ1) is 11.2. The topological polar surface area (TPSA) is 35.5 Å². The number of ether oxygens (including phenoxy) is 2. The van der Waals surface area contributed by atoms with Gasteiger partial charge in [-0.1, -0.05) is 11.6 Å². The highest BCUT2D eigenvalue weighted by atomic mass is 35.5. The minimum Gasteiger partial charge on any atom is -0.486 e. The van der Waals surface area contributed by atoms with Gasteiger partial charge in [-0.2, -0.15) is 0 Å². The van der Waals surface area contributed by atoms with Crippen LogP contribution in [0.25, 0.3) is 0 Å². The molecule has 1 heterocycles. The maximum absolute atomic E-state index is 13.7. The van der Waals surface area contributed by atoms with Gasteiger partial charge in [0, 0.05) is 12.0 Å². The van der Waals surface area contributed by atoms with Gasteiger partial charge >= 0.3 is 0 Å². The number of carbonyl (C=O) groups is 1. The van der Waals surface area contributed by atoms with Gasteiger partial charge in [0.15, 0.2) is 11.5 Å². The molecule has 0 bridgehead atoms. The molecule has 1 aromatic carbocycles. The molecule has 16 heavy (non-hydrogen) atoms. The van der Waals surface area contributed by atoms with Crippen LogP contribution in [0.1, 0.15) is 12.5 Å². The number of hydrogen-bond acceptors (Lipinski definition) is 3. The van der Waals surface area contributed by atoms with Crippen LogP contribution in [0.15, 0.2) is 6.07 Å².